The number of nitrogens with zero attached hydrogens (tertiary/aromatic N) is 3. The highest BCUT2D eigenvalue weighted by Gasteiger charge is 2.32. The van der Waals surface area contributed by atoms with E-state index in [-0.39, 0.29) is 54.4 Å². The van der Waals surface area contributed by atoms with E-state index >= 15 is 0 Å². The largest absolute Gasteiger partial charge is 0.473 e. The lowest BCUT2D eigenvalue weighted by Crippen LogP contribution is -2.42. The van der Waals surface area contributed by atoms with Gasteiger partial charge in [0, 0.05) is 51.3 Å². The van der Waals surface area contributed by atoms with Crippen LogP contribution in [-0.4, -0.2) is 68.9 Å². The molecule has 0 spiro atoms. The lowest BCUT2D eigenvalue weighted by molar-refractivity contribution is -0.134. The number of piperidine rings is 1. The van der Waals surface area contributed by atoms with Crippen molar-refractivity contribution < 1.29 is 22.3 Å². The predicted molar refractivity (Wildman–Crippen MR) is 98.2 cm³/mol. The van der Waals surface area contributed by atoms with Crippen molar-refractivity contribution in [3.8, 4) is 5.88 Å². The fourth-order valence-electron chi connectivity index (χ4n) is 2.76. The molecule has 1 fully saturated rings. The Morgan fingerprint density at radius 1 is 1.41 bits per heavy atom. The van der Waals surface area contributed by atoms with Gasteiger partial charge in [-0.05, 0) is 18.9 Å². The van der Waals surface area contributed by atoms with Gasteiger partial charge in [-0.1, -0.05) is 0 Å². The Labute approximate surface area is 158 Å². The molecule has 10 heteroatoms. The topological polar surface area (TPSA) is 106 Å². The highest BCUT2D eigenvalue weighted by atomic mass is 32.2. The van der Waals surface area contributed by atoms with Crippen molar-refractivity contribution in [2.45, 2.75) is 17.7 Å². The SMILES string of the molecule is CN(C)C(=O)C1CCN(S(=O)(=O)c2ccc(OC/C(=C/F)CN)nc2)CC1. The lowest BCUT2D eigenvalue weighted by atomic mass is 9.97. The summed E-state index contributed by atoms with van der Waals surface area (Å²) in [6, 6.07) is 2.82. The average molecular weight is 400 g/mol. The molecule has 27 heavy (non-hydrogen) atoms. The fourth-order valence-corrected chi connectivity index (χ4v) is 4.18. The van der Waals surface area contributed by atoms with Gasteiger partial charge in [0.05, 0.1) is 12.5 Å². The number of pyridine rings is 1. The van der Waals surface area contributed by atoms with Gasteiger partial charge in [0.25, 0.3) is 0 Å². The van der Waals surface area contributed by atoms with Crippen LogP contribution in [0.2, 0.25) is 0 Å². The summed E-state index contributed by atoms with van der Waals surface area (Å²) < 4.78 is 44.6. The highest BCUT2D eigenvalue weighted by molar-refractivity contribution is 7.89. The number of carbonyl (C=O) groups excluding carboxylic acids is 1. The van der Waals surface area contributed by atoms with E-state index in [0.29, 0.717) is 19.2 Å². The first-order valence-corrected chi connectivity index (χ1v) is 10.0. The number of ether oxygens (including phenoxy) is 1. The zero-order valence-electron chi connectivity index (χ0n) is 15.5. The normalized spacial score (nSPS) is 17.0. The Balaban J connectivity index is 2.00. The minimum absolute atomic E-state index is 0.0226. The third-order valence-electron chi connectivity index (χ3n) is 4.41. The number of nitrogens with two attached hydrogens (primary N) is 1. The van der Waals surface area contributed by atoms with Gasteiger partial charge in [-0.3, -0.25) is 4.79 Å². The Hall–Kier alpha value is -2.04. The first-order valence-electron chi connectivity index (χ1n) is 8.58. The van der Waals surface area contributed by atoms with Crippen molar-refractivity contribution in [2.24, 2.45) is 11.7 Å². The maximum atomic E-state index is 12.7. The van der Waals surface area contributed by atoms with Crippen LogP contribution >= 0.6 is 0 Å². The molecular formula is C17H25FN4O4S. The van der Waals surface area contributed by atoms with E-state index in [1.165, 1.54) is 27.5 Å². The van der Waals surface area contributed by atoms with Crippen molar-refractivity contribution >= 4 is 15.9 Å². The van der Waals surface area contributed by atoms with Crippen LogP contribution < -0.4 is 10.5 Å². The van der Waals surface area contributed by atoms with Gasteiger partial charge < -0.3 is 15.4 Å². The van der Waals surface area contributed by atoms with E-state index < -0.39 is 10.0 Å². The summed E-state index contributed by atoms with van der Waals surface area (Å²) in [7, 11) is -0.300. The molecule has 1 aromatic rings. The highest BCUT2D eigenvalue weighted by Crippen LogP contribution is 2.25. The van der Waals surface area contributed by atoms with Crippen LogP contribution in [0.5, 0.6) is 5.88 Å². The number of hydrogen-bond donors (Lipinski definition) is 1. The molecule has 8 nitrogen and oxygen atoms in total. The van der Waals surface area contributed by atoms with Crippen LogP contribution in [0.1, 0.15) is 12.8 Å². The Morgan fingerprint density at radius 3 is 2.56 bits per heavy atom. The average Bonchev–Trinajstić information content (AvgIpc) is 2.68. The molecule has 1 saturated heterocycles. The predicted octanol–water partition coefficient (Wildman–Crippen LogP) is 0.761. The van der Waals surface area contributed by atoms with Gasteiger partial charge in [-0.25, -0.2) is 17.8 Å². The number of carbonyl (C=O) groups is 1. The molecule has 0 aliphatic carbocycles. The van der Waals surface area contributed by atoms with Crippen LogP contribution in [0.15, 0.2) is 35.1 Å². The molecular weight excluding hydrogens is 375 g/mol. The fraction of sp³-hybridized carbons (Fsp3) is 0.529. The minimum Gasteiger partial charge on any atom is -0.473 e. The molecule has 0 atom stereocenters. The van der Waals surface area contributed by atoms with E-state index in [1.807, 2.05) is 0 Å². The van der Waals surface area contributed by atoms with Gasteiger partial charge in [-0.2, -0.15) is 4.31 Å². The van der Waals surface area contributed by atoms with Gasteiger partial charge in [0.1, 0.15) is 11.5 Å². The molecule has 0 unspecified atom stereocenters. The van der Waals surface area contributed by atoms with Crippen molar-refractivity contribution in [1.82, 2.24) is 14.2 Å². The van der Waals surface area contributed by atoms with E-state index in [1.54, 1.807) is 14.1 Å². The van der Waals surface area contributed by atoms with Crippen LogP contribution in [-0.2, 0) is 14.8 Å². The molecule has 2 heterocycles. The van der Waals surface area contributed by atoms with Crippen LogP contribution in [0.25, 0.3) is 0 Å². The number of rotatable bonds is 7. The van der Waals surface area contributed by atoms with E-state index in [4.69, 9.17) is 10.5 Å². The van der Waals surface area contributed by atoms with Gasteiger partial charge in [0.15, 0.2) is 0 Å². The molecule has 1 amide bonds. The number of sulfonamides is 1. The van der Waals surface area contributed by atoms with Gasteiger partial charge in [-0.15, -0.1) is 0 Å². The van der Waals surface area contributed by atoms with E-state index in [9.17, 15) is 17.6 Å². The summed E-state index contributed by atoms with van der Waals surface area (Å²) in [5.41, 5.74) is 5.61. The van der Waals surface area contributed by atoms with Crippen molar-refractivity contribution in [3.63, 3.8) is 0 Å². The first-order chi connectivity index (χ1) is 12.8. The number of amides is 1. The molecule has 150 valence electrons. The molecule has 2 rings (SSSR count). The second-order valence-electron chi connectivity index (χ2n) is 6.50. The second kappa shape index (κ2) is 9.25. The summed E-state index contributed by atoms with van der Waals surface area (Å²) in [6.07, 6.45) is 2.57. The summed E-state index contributed by atoms with van der Waals surface area (Å²) in [4.78, 5) is 17.6. The van der Waals surface area contributed by atoms with E-state index in [0.717, 1.165) is 0 Å². The van der Waals surface area contributed by atoms with E-state index in [2.05, 4.69) is 4.98 Å². The molecule has 0 radical (unpaired) electrons. The smallest absolute Gasteiger partial charge is 0.244 e. The monoisotopic (exact) mass is 400 g/mol. The number of aromatic nitrogens is 1. The first kappa shape index (κ1) is 21.3. The quantitative estimate of drug-likeness (QED) is 0.724. The number of hydrogen-bond acceptors (Lipinski definition) is 6. The molecule has 1 aliphatic heterocycles. The molecule has 0 aromatic carbocycles. The molecule has 1 aliphatic rings. The standard InChI is InChI=1S/C17H25FN4O4S/c1-21(2)17(23)14-5-7-22(8-6-14)27(24,25)15-3-4-16(20-11-15)26-12-13(9-18)10-19/h3-4,9,11,14H,5-8,10,12,19H2,1-2H3/b13-9+. The van der Waals surface area contributed by atoms with Crippen molar-refractivity contribution in [1.29, 1.82) is 0 Å². The Morgan fingerprint density at radius 2 is 2.07 bits per heavy atom. The molecule has 0 saturated carbocycles. The second-order valence-corrected chi connectivity index (χ2v) is 8.44. The maximum Gasteiger partial charge on any atom is 0.244 e. The van der Waals surface area contributed by atoms with Crippen molar-refractivity contribution in [2.75, 3.05) is 40.3 Å². The van der Waals surface area contributed by atoms with Gasteiger partial charge in [0.2, 0.25) is 21.8 Å². The third kappa shape index (κ3) is 5.24. The molecule has 0 bridgehead atoms. The Bertz CT molecular complexity index is 773. The van der Waals surface area contributed by atoms with Crippen LogP contribution in [0.3, 0.4) is 0 Å². The summed E-state index contributed by atoms with van der Waals surface area (Å²) >= 11 is 0. The minimum atomic E-state index is -3.69. The number of halogens is 1. The summed E-state index contributed by atoms with van der Waals surface area (Å²) in [5, 5.41) is 0. The Kier molecular flexibility index (Phi) is 7.28. The lowest BCUT2D eigenvalue weighted by Gasteiger charge is -2.31. The van der Waals surface area contributed by atoms with Crippen molar-refractivity contribution in [3.05, 3.63) is 30.2 Å². The van der Waals surface area contributed by atoms with Gasteiger partial charge >= 0.3 is 0 Å². The summed E-state index contributed by atoms with van der Waals surface area (Å²) in [5.74, 6) is 0.0482. The zero-order chi connectivity index (χ0) is 20.0. The van der Waals surface area contributed by atoms with Crippen LogP contribution in [0, 0.1) is 5.92 Å². The molecule has 1 aromatic heterocycles. The third-order valence-corrected chi connectivity index (χ3v) is 6.30. The summed E-state index contributed by atoms with van der Waals surface area (Å²) in [6.45, 7) is 0.534. The van der Waals surface area contributed by atoms with Crippen LogP contribution in [0.4, 0.5) is 4.39 Å². The maximum absolute atomic E-state index is 12.7. The molecule has 2 N–H and O–H groups in total. The zero-order valence-corrected chi connectivity index (χ0v) is 16.3.